The molecule has 1 rings (SSSR count). The number of unbranched alkanes of at least 4 members (excludes halogenated alkanes) is 7. The summed E-state index contributed by atoms with van der Waals surface area (Å²) in [6.45, 7) is 3.20. The number of nitrogens with zero attached hydrogens (tertiary/aromatic N) is 2. The van der Waals surface area contributed by atoms with Gasteiger partial charge in [-0.1, -0.05) is 51.9 Å². The lowest BCUT2D eigenvalue weighted by Gasteiger charge is -1.99. The van der Waals surface area contributed by atoms with Crippen LogP contribution in [0, 0.1) is 0 Å². The maximum Gasteiger partial charge on any atom is 0.0756 e. The number of hydrogen-bond donors (Lipinski definition) is 1. The van der Waals surface area contributed by atoms with Crippen LogP contribution in [0.5, 0.6) is 0 Å². The van der Waals surface area contributed by atoms with Gasteiger partial charge in [0, 0.05) is 19.0 Å². The molecule has 1 aromatic heterocycles. The number of aromatic amines is 1. The van der Waals surface area contributed by atoms with Gasteiger partial charge in [0.15, 0.2) is 0 Å². The molecular weight excluding hydrogens is 210 g/mol. The van der Waals surface area contributed by atoms with Gasteiger partial charge in [0.1, 0.15) is 0 Å². The molecule has 3 heteroatoms. The Morgan fingerprint density at radius 2 is 1.82 bits per heavy atom. The van der Waals surface area contributed by atoms with Crippen molar-refractivity contribution in [1.29, 1.82) is 0 Å². The molecule has 0 spiro atoms. The van der Waals surface area contributed by atoms with E-state index in [4.69, 9.17) is 0 Å². The third kappa shape index (κ3) is 7.72. The summed E-state index contributed by atoms with van der Waals surface area (Å²) < 4.78 is 0. The zero-order chi connectivity index (χ0) is 12.2. The average Bonchev–Trinajstić information content (AvgIpc) is 2.85. The molecule has 0 atom stereocenters. The fraction of sp³-hybridized carbons (Fsp3) is 0.714. The monoisotopic (exact) mass is 235 g/mol. The van der Waals surface area contributed by atoms with Crippen LogP contribution in [0.2, 0.25) is 0 Å². The van der Waals surface area contributed by atoms with Crippen LogP contribution in [0.15, 0.2) is 17.3 Å². The van der Waals surface area contributed by atoms with Crippen LogP contribution in [-0.2, 0) is 0 Å². The summed E-state index contributed by atoms with van der Waals surface area (Å²) in [5.74, 6) is 0. The Balaban J connectivity index is 1.84. The van der Waals surface area contributed by atoms with E-state index in [0.29, 0.717) is 0 Å². The van der Waals surface area contributed by atoms with Crippen LogP contribution in [0.25, 0.3) is 0 Å². The predicted molar refractivity (Wildman–Crippen MR) is 73.7 cm³/mol. The van der Waals surface area contributed by atoms with Gasteiger partial charge in [-0.25, -0.2) is 0 Å². The van der Waals surface area contributed by atoms with Gasteiger partial charge in [0.05, 0.1) is 5.69 Å². The highest BCUT2D eigenvalue weighted by atomic mass is 15.1. The molecule has 17 heavy (non-hydrogen) atoms. The Bertz CT molecular complexity index is 278. The van der Waals surface area contributed by atoms with Crippen molar-refractivity contribution in [2.75, 3.05) is 6.54 Å². The Kier molecular flexibility index (Phi) is 8.25. The molecule has 3 nitrogen and oxygen atoms in total. The predicted octanol–water partition coefficient (Wildman–Crippen LogP) is 3.97. The molecule has 0 aliphatic heterocycles. The summed E-state index contributed by atoms with van der Waals surface area (Å²) in [4.78, 5) is 4.36. The zero-order valence-electron chi connectivity index (χ0n) is 11.0. The number of aliphatic imine (C=N–C) groups is 1. The molecule has 1 aromatic rings. The Hall–Kier alpha value is -1.12. The second kappa shape index (κ2) is 10.1. The summed E-state index contributed by atoms with van der Waals surface area (Å²) in [5.41, 5.74) is 0.990. The number of rotatable bonds is 10. The van der Waals surface area contributed by atoms with Gasteiger partial charge in [-0.05, 0) is 12.5 Å². The highest BCUT2D eigenvalue weighted by Gasteiger charge is 1.91. The first-order valence-electron chi connectivity index (χ1n) is 6.92. The van der Waals surface area contributed by atoms with E-state index in [2.05, 4.69) is 22.1 Å². The van der Waals surface area contributed by atoms with E-state index in [-0.39, 0.29) is 0 Å². The maximum atomic E-state index is 4.36. The van der Waals surface area contributed by atoms with E-state index in [1.165, 1.54) is 51.4 Å². The van der Waals surface area contributed by atoms with Gasteiger partial charge >= 0.3 is 0 Å². The fourth-order valence-electron chi connectivity index (χ4n) is 1.84. The summed E-state index contributed by atoms with van der Waals surface area (Å²) >= 11 is 0. The number of H-pyrrole nitrogens is 1. The lowest BCUT2D eigenvalue weighted by atomic mass is 10.1. The van der Waals surface area contributed by atoms with Crippen LogP contribution >= 0.6 is 0 Å². The fourth-order valence-corrected chi connectivity index (χ4v) is 1.84. The Morgan fingerprint density at radius 3 is 2.47 bits per heavy atom. The highest BCUT2D eigenvalue weighted by Crippen LogP contribution is 2.08. The normalized spacial score (nSPS) is 11.4. The first kappa shape index (κ1) is 13.9. The molecule has 0 fully saturated rings. The Morgan fingerprint density at radius 1 is 1.12 bits per heavy atom. The lowest BCUT2D eigenvalue weighted by molar-refractivity contribution is 0.578. The second-order valence-corrected chi connectivity index (χ2v) is 4.52. The highest BCUT2D eigenvalue weighted by molar-refractivity contribution is 5.76. The smallest absolute Gasteiger partial charge is 0.0756 e. The van der Waals surface area contributed by atoms with Crippen LogP contribution in [0.3, 0.4) is 0 Å². The summed E-state index contributed by atoms with van der Waals surface area (Å²) in [6.07, 6.45) is 14.4. The molecule has 0 saturated carbocycles. The van der Waals surface area contributed by atoms with E-state index >= 15 is 0 Å². The van der Waals surface area contributed by atoms with E-state index in [0.717, 1.165) is 12.2 Å². The van der Waals surface area contributed by atoms with Gasteiger partial charge in [0.2, 0.25) is 0 Å². The molecule has 1 heterocycles. The third-order valence-electron chi connectivity index (χ3n) is 2.89. The van der Waals surface area contributed by atoms with Crippen molar-refractivity contribution in [3.05, 3.63) is 18.0 Å². The lowest BCUT2D eigenvalue weighted by Crippen LogP contribution is -1.86. The minimum absolute atomic E-state index is 0.938. The first-order chi connectivity index (χ1) is 8.43. The topological polar surface area (TPSA) is 41.0 Å². The summed E-state index contributed by atoms with van der Waals surface area (Å²) in [6, 6.07) is 1.93. The van der Waals surface area contributed by atoms with Crippen LogP contribution in [0.1, 0.15) is 64.0 Å². The van der Waals surface area contributed by atoms with Crippen LogP contribution in [-0.4, -0.2) is 23.0 Å². The van der Waals surface area contributed by atoms with Gasteiger partial charge < -0.3 is 0 Å². The van der Waals surface area contributed by atoms with Crippen molar-refractivity contribution in [2.24, 2.45) is 4.99 Å². The van der Waals surface area contributed by atoms with E-state index in [1.54, 1.807) is 6.20 Å². The maximum absolute atomic E-state index is 4.36. The summed E-state index contributed by atoms with van der Waals surface area (Å²) in [7, 11) is 0. The van der Waals surface area contributed by atoms with Crippen molar-refractivity contribution in [1.82, 2.24) is 10.2 Å². The minimum atomic E-state index is 0.938. The van der Waals surface area contributed by atoms with E-state index in [9.17, 15) is 0 Å². The second-order valence-electron chi connectivity index (χ2n) is 4.52. The molecule has 0 unspecified atom stereocenters. The molecule has 0 radical (unpaired) electrons. The number of hydrogen-bond acceptors (Lipinski definition) is 2. The molecule has 0 aliphatic carbocycles. The minimum Gasteiger partial charge on any atom is -0.291 e. The third-order valence-corrected chi connectivity index (χ3v) is 2.89. The quantitative estimate of drug-likeness (QED) is 0.484. The molecule has 0 bridgehead atoms. The van der Waals surface area contributed by atoms with Gasteiger partial charge in [-0.15, -0.1) is 0 Å². The Labute approximate surface area is 105 Å². The average molecular weight is 235 g/mol. The molecule has 96 valence electrons. The zero-order valence-corrected chi connectivity index (χ0v) is 11.0. The summed E-state index contributed by atoms with van der Waals surface area (Å²) in [5, 5.41) is 6.74. The largest absolute Gasteiger partial charge is 0.291 e. The van der Waals surface area contributed by atoms with Crippen molar-refractivity contribution in [3.8, 4) is 0 Å². The van der Waals surface area contributed by atoms with Gasteiger partial charge in [0.25, 0.3) is 0 Å². The van der Waals surface area contributed by atoms with Crippen molar-refractivity contribution >= 4 is 6.21 Å². The van der Waals surface area contributed by atoms with Crippen LogP contribution < -0.4 is 0 Å². The van der Waals surface area contributed by atoms with E-state index < -0.39 is 0 Å². The van der Waals surface area contributed by atoms with Gasteiger partial charge in [-0.2, -0.15) is 5.10 Å². The standard InChI is InChI=1S/C14H25N3/c1-2-3-4-5-6-7-8-9-11-15-13-14-10-12-16-17-14/h10,12-13H,2-9,11H2,1H3,(H,16,17). The van der Waals surface area contributed by atoms with Crippen molar-refractivity contribution < 1.29 is 0 Å². The van der Waals surface area contributed by atoms with E-state index in [1.807, 2.05) is 12.3 Å². The molecule has 0 saturated heterocycles. The van der Waals surface area contributed by atoms with Crippen LogP contribution in [0.4, 0.5) is 0 Å². The molecule has 0 aliphatic rings. The molecule has 0 aromatic carbocycles. The first-order valence-corrected chi connectivity index (χ1v) is 6.92. The number of aromatic nitrogens is 2. The SMILES string of the molecule is CCCCCCCCCCN=Cc1ccn[nH]1. The van der Waals surface area contributed by atoms with Crippen molar-refractivity contribution in [2.45, 2.75) is 58.3 Å². The van der Waals surface area contributed by atoms with Gasteiger partial charge in [-0.3, -0.25) is 10.1 Å². The number of nitrogens with one attached hydrogen (secondary N) is 1. The van der Waals surface area contributed by atoms with Crippen molar-refractivity contribution in [3.63, 3.8) is 0 Å². The molecule has 1 N–H and O–H groups in total. The molecular formula is C14H25N3. The molecule has 0 amide bonds.